The smallest absolute Gasteiger partial charge is 0.315 e. The zero-order valence-electron chi connectivity index (χ0n) is 17.0. The summed E-state index contributed by atoms with van der Waals surface area (Å²) in [6.45, 7) is 8.54. The van der Waals surface area contributed by atoms with Crippen LogP contribution in [0.3, 0.4) is 0 Å². The lowest BCUT2D eigenvalue weighted by atomic mass is 9.67. The van der Waals surface area contributed by atoms with Crippen LogP contribution in [0, 0.1) is 11.3 Å². The molecule has 1 aliphatic carbocycles. The van der Waals surface area contributed by atoms with Gasteiger partial charge in [0.25, 0.3) is 0 Å². The molecule has 1 aliphatic heterocycles. The van der Waals surface area contributed by atoms with Crippen molar-refractivity contribution in [3.63, 3.8) is 0 Å². The Bertz CT molecular complexity index is 836. The number of hydrogen-bond donors (Lipinski definition) is 0. The first-order chi connectivity index (χ1) is 13.2. The second-order valence-corrected chi connectivity index (χ2v) is 9.50. The number of Topliss-reactive ketones (excluding diaryl/α,β-unsaturated/α-hetero) is 1. The number of halogens is 1. The van der Waals surface area contributed by atoms with Gasteiger partial charge in [0.15, 0.2) is 5.78 Å². The number of allylic oxidation sites excluding steroid dienone is 2. The number of carbonyl (C=O) groups is 2. The van der Waals surface area contributed by atoms with Crippen molar-refractivity contribution >= 4 is 33.4 Å². The molecule has 0 fully saturated rings. The third-order valence-electron chi connectivity index (χ3n) is 5.53. The molecule has 2 aliphatic rings. The Morgan fingerprint density at radius 3 is 2.57 bits per heavy atom. The quantitative estimate of drug-likeness (QED) is 0.437. The summed E-state index contributed by atoms with van der Waals surface area (Å²) in [7, 11) is 0. The number of nitrogens with zero attached hydrogens (tertiary/aromatic N) is 1. The van der Waals surface area contributed by atoms with Crippen molar-refractivity contribution in [1.29, 1.82) is 0 Å². The van der Waals surface area contributed by atoms with Gasteiger partial charge in [-0.05, 0) is 42.9 Å². The number of rotatable bonds is 5. The fraction of sp³-hybridized carbons (Fsp3) is 0.522. The van der Waals surface area contributed by atoms with E-state index in [9.17, 15) is 9.59 Å². The highest BCUT2D eigenvalue weighted by atomic mass is 79.9. The highest BCUT2D eigenvalue weighted by Crippen LogP contribution is 2.48. The number of aliphatic imine (C=N–C) groups is 1. The Balaban J connectivity index is 2.06. The fourth-order valence-corrected chi connectivity index (χ4v) is 4.45. The van der Waals surface area contributed by atoms with Crippen LogP contribution in [0.1, 0.15) is 64.9 Å². The normalized spacial score (nSPS) is 23.9. The molecular weight excluding hydrogens is 418 g/mol. The number of hydrogen-bond acceptors (Lipinski definition) is 4. The minimum Gasteiger partial charge on any atom is -0.465 e. The maximum absolute atomic E-state index is 13.1. The Hall–Kier alpha value is -1.75. The number of ketones is 1. The van der Waals surface area contributed by atoms with Crippen molar-refractivity contribution in [3.8, 4) is 0 Å². The van der Waals surface area contributed by atoms with E-state index in [0.717, 1.165) is 40.7 Å². The first-order valence-electron chi connectivity index (χ1n) is 9.97. The molecule has 0 N–H and O–H groups in total. The minimum atomic E-state index is -0.554. The highest BCUT2D eigenvalue weighted by molar-refractivity contribution is 9.10. The molecule has 0 bridgehead atoms. The number of benzene rings is 1. The molecule has 4 nitrogen and oxygen atoms in total. The fourth-order valence-electron chi connectivity index (χ4n) is 4.19. The Kier molecular flexibility index (Phi) is 6.23. The largest absolute Gasteiger partial charge is 0.465 e. The number of unbranched alkanes of at least 4 members (excludes halogenated alkanes) is 1. The molecule has 1 heterocycles. The van der Waals surface area contributed by atoms with Crippen LogP contribution in [0.15, 0.2) is 45.0 Å². The zero-order valence-corrected chi connectivity index (χ0v) is 18.6. The molecule has 0 aromatic heterocycles. The third-order valence-corrected chi connectivity index (χ3v) is 6.06. The molecule has 3 rings (SSSR count). The number of esters is 1. The van der Waals surface area contributed by atoms with E-state index >= 15 is 0 Å². The van der Waals surface area contributed by atoms with Gasteiger partial charge in [-0.1, -0.05) is 55.3 Å². The van der Waals surface area contributed by atoms with E-state index in [1.165, 1.54) is 0 Å². The van der Waals surface area contributed by atoms with Gasteiger partial charge >= 0.3 is 5.97 Å². The molecule has 2 atom stereocenters. The van der Waals surface area contributed by atoms with E-state index in [-0.39, 0.29) is 23.1 Å². The highest BCUT2D eigenvalue weighted by Gasteiger charge is 2.45. The summed E-state index contributed by atoms with van der Waals surface area (Å²) in [6, 6.07) is 7.87. The minimum absolute atomic E-state index is 0.0989. The Morgan fingerprint density at radius 1 is 1.25 bits per heavy atom. The second kappa shape index (κ2) is 8.32. The van der Waals surface area contributed by atoms with Gasteiger partial charge in [-0.25, -0.2) is 0 Å². The van der Waals surface area contributed by atoms with Crippen LogP contribution in [-0.4, -0.2) is 24.1 Å². The van der Waals surface area contributed by atoms with E-state index in [4.69, 9.17) is 9.73 Å². The van der Waals surface area contributed by atoms with E-state index in [1.54, 1.807) is 0 Å². The summed E-state index contributed by atoms with van der Waals surface area (Å²) >= 11 is 3.47. The first kappa shape index (κ1) is 21.0. The molecule has 1 aromatic carbocycles. The summed E-state index contributed by atoms with van der Waals surface area (Å²) in [4.78, 5) is 30.9. The molecule has 0 spiro atoms. The van der Waals surface area contributed by atoms with Gasteiger partial charge in [-0.3, -0.25) is 14.6 Å². The van der Waals surface area contributed by atoms with Gasteiger partial charge < -0.3 is 4.74 Å². The van der Waals surface area contributed by atoms with Crippen molar-refractivity contribution in [3.05, 3.63) is 45.6 Å². The molecule has 0 saturated carbocycles. The summed E-state index contributed by atoms with van der Waals surface area (Å²) in [6.07, 6.45) is 3.02. The van der Waals surface area contributed by atoms with E-state index in [2.05, 4.69) is 36.7 Å². The topological polar surface area (TPSA) is 55.7 Å². The average Bonchev–Trinajstić information content (AvgIpc) is 2.60. The van der Waals surface area contributed by atoms with Gasteiger partial charge in [-0.15, -0.1) is 0 Å². The van der Waals surface area contributed by atoms with Gasteiger partial charge in [-0.2, -0.15) is 0 Å². The SMILES string of the molecule is CCCCOC(=O)C1C(C)=NC2=C(C(=O)CC(C)(C)C2)[C@H]1c1ccc(Br)cc1. The van der Waals surface area contributed by atoms with Gasteiger partial charge in [0.05, 0.1) is 6.61 Å². The molecule has 0 saturated heterocycles. The summed E-state index contributed by atoms with van der Waals surface area (Å²) in [5.41, 5.74) is 3.11. The van der Waals surface area contributed by atoms with Crippen LogP contribution in [0.25, 0.3) is 0 Å². The second-order valence-electron chi connectivity index (χ2n) is 8.58. The summed E-state index contributed by atoms with van der Waals surface area (Å²) in [5.74, 6) is -1.08. The van der Waals surface area contributed by atoms with Gasteiger partial charge in [0, 0.05) is 33.8 Å². The lowest BCUT2D eigenvalue weighted by Crippen LogP contribution is -2.39. The van der Waals surface area contributed by atoms with Crippen molar-refractivity contribution in [1.82, 2.24) is 0 Å². The lowest BCUT2D eigenvalue weighted by Gasteiger charge is -2.39. The maximum atomic E-state index is 13.1. The Morgan fingerprint density at radius 2 is 1.93 bits per heavy atom. The Labute approximate surface area is 175 Å². The summed E-state index contributed by atoms with van der Waals surface area (Å²) < 4.78 is 6.52. The van der Waals surface area contributed by atoms with Crippen LogP contribution < -0.4 is 0 Å². The predicted octanol–water partition coefficient (Wildman–Crippen LogP) is 5.61. The standard InChI is InChI=1S/C23H28BrNO3/c1-5-6-11-28-22(27)19-14(2)25-17-12-23(3,4)13-18(26)21(17)20(19)15-7-9-16(24)10-8-15/h7-10,19-20H,5-6,11-13H2,1-4H3/t19?,20-/m0/s1. The van der Waals surface area contributed by atoms with E-state index in [1.807, 2.05) is 31.2 Å². The molecule has 0 amide bonds. The molecule has 28 heavy (non-hydrogen) atoms. The van der Waals surface area contributed by atoms with Crippen molar-refractivity contribution < 1.29 is 14.3 Å². The van der Waals surface area contributed by atoms with Crippen molar-refractivity contribution in [2.75, 3.05) is 6.61 Å². The van der Waals surface area contributed by atoms with Crippen LogP contribution in [0.2, 0.25) is 0 Å². The van der Waals surface area contributed by atoms with Crippen molar-refractivity contribution in [2.45, 2.75) is 59.3 Å². The maximum Gasteiger partial charge on any atom is 0.315 e. The molecule has 1 aromatic rings. The van der Waals surface area contributed by atoms with Gasteiger partial charge in [0.2, 0.25) is 0 Å². The van der Waals surface area contributed by atoms with Crippen LogP contribution in [0.5, 0.6) is 0 Å². The number of carbonyl (C=O) groups excluding carboxylic acids is 2. The summed E-state index contributed by atoms with van der Waals surface area (Å²) in [5, 5.41) is 0. The molecule has 0 radical (unpaired) electrons. The van der Waals surface area contributed by atoms with Crippen LogP contribution >= 0.6 is 15.9 Å². The first-order valence-corrected chi connectivity index (χ1v) is 10.8. The van der Waals surface area contributed by atoms with E-state index < -0.39 is 5.92 Å². The van der Waals surface area contributed by atoms with Gasteiger partial charge in [0.1, 0.15) is 5.92 Å². The van der Waals surface area contributed by atoms with E-state index in [0.29, 0.717) is 18.6 Å². The molecule has 5 heteroatoms. The lowest BCUT2D eigenvalue weighted by molar-refractivity contribution is -0.146. The average molecular weight is 446 g/mol. The monoisotopic (exact) mass is 445 g/mol. The third kappa shape index (κ3) is 4.29. The molecular formula is C23H28BrNO3. The zero-order chi connectivity index (χ0) is 20.5. The predicted molar refractivity (Wildman–Crippen MR) is 114 cm³/mol. The molecule has 150 valence electrons. The van der Waals surface area contributed by atoms with Crippen molar-refractivity contribution in [2.24, 2.45) is 16.3 Å². The number of ether oxygens (including phenoxy) is 1. The van der Waals surface area contributed by atoms with Crippen LogP contribution in [0.4, 0.5) is 0 Å². The van der Waals surface area contributed by atoms with Crippen LogP contribution in [-0.2, 0) is 14.3 Å². The molecule has 1 unspecified atom stereocenters.